The molecular formula is C16H25ClN2O2S. The molecule has 2 aliphatic rings. The maximum absolute atomic E-state index is 12.8. The highest BCUT2D eigenvalue weighted by molar-refractivity contribution is 7.14. The molecule has 124 valence electrons. The summed E-state index contributed by atoms with van der Waals surface area (Å²) in [4.78, 5) is 17.0. The van der Waals surface area contributed by atoms with Crippen LogP contribution < -0.4 is 5.73 Å². The van der Waals surface area contributed by atoms with Gasteiger partial charge in [-0.1, -0.05) is 6.92 Å². The highest BCUT2D eigenvalue weighted by Crippen LogP contribution is 2.32. The number of nitrogens with two attached hydrogens (primary N) is 1. The van der Waals surface area contributed by atoms with Gasteiger partial charge >= 0.3 is 0 Å². The lowest BCUT2D eigenvalue weighted by Crippen LogP contribution is -2.39. The summed E-state index contributed by atoms with van der Waals surface area (Å²) >= 11 is 1.69. The first-order valence-corrected chi connectivity index (χ1v) is 8.71. The first kappa shape index (κ1) is 17.7. The molecule has 1 aliphatic heterocycles. The number of ether oxygens (including phenoxy) is 1. The van der Waals surface area contributed by atoms with Gasteiger partial charge in [-0.05, 0) is 43.2 Å². The van der Waals surface area contributed by atoms with E-state index in [0.29, 0.717) is 19.7 Å². The second-order valence-corrected chi connectivity index (χ2v) is 7.38. The number of aryl methyl sites for hydroxylation is 1. The molecule has 2 unspecified atom stereocenters. The van der Waals surface area contributed by atoms with Gasteiger partial charge in [0.2, 0.25) is 0 Å². The Morgan fingerprint density at radius 2 is 2.36 bits per heavy atom. The lowest BCUT2D eigenvalue weighted by molar-refractivity contribution is 0.0522. The number of rotatable bonds is 2. The van der Waals surface area contributed by atoms with E-state index in [1.165, 1.54) is 16.9 Å². The van der Waals surface area contributed by atoms with Crippen molar-refractivity contribution in [2.75, 3.05) is 26.2 Å². The number of carbonyl (C=O) groups is 1. The standard InChI is InChI=1S/C16H24N2O2S.ClH/c1-11-3-4-14-12(7-11)8-15(21-14)16(19)18-5-2-6-20-13(9-17)10-18;/h8,11,13H,2-7,9-10,17H2,1H3;1H. The van der Waals surface area contributed by atoms with Crippen molar-refractivity contribution in [2.24, 2.45) is 11.7 Å². The maximum atomic E-state index is 12.8. The van der Waals surface area contributed by atoms with E-state index < -0.39 is 0 Å². The van der Waals surface area contributed by atoms with E-state index >= 15 is 0 Å². The average molecular weight is 345 g/mol. The Labute approximate surface area is 142 Å². The highest BCUT2D eigenvalue weighted by Gasteiger charge is 2.26. The van der Waals surface area contributed by atoms with E-state index in [-0.39, 0.29) is 24.4 Å². The zero-order chi connectivity index (χ0) is 14.8. The molecule has 0 aromatic carbocycles. The molecule has 0 radical (unpaired) electrons. The highest BCUT2D eigenvalue weighted by atomic mass is 35.5. The molecule has 1 amide bonds. The SMILES string of the molecule is CC1CCc2sc(C(=O)N3CCCOC(CN)C3)cc2C1.Cl. The molecule has 6 heteroatoms. The van der Waals surface area contributed by atoms with Crippen molar-refractivity contribution in [3.05, 3.63) is 21.4 Å². The Bertz CT molecular complexity index is 520. The van der Waals surface area contributed by atoms with Crippen LogP contribution in [-0.2, 0) is 17.6 Å². The summed E-state index contributed by atoms with van der Waals surface area (Å²) < 4.78 is 5.65. The molecule has 1 aliphatic carbocycles. The minimum Gasteiger partial charge on any atom is -0.375 e. The van der Waals surface area contributed by atoms with E-state index in [0.717, 1.165) is 36.6 Å². The first-order valence-electron chi connectivity index (χ1n) is 7.90. The molecule has 1 aromatic rings. The second kappa shape index (κ2) is 7.77. The fourth-order valence-corrected chi connectivity index (χ4v) is 4.37. The van der Waals surface area contributed by atoms with E-state index in [1.807, 2.05) is 4.90 Å². The number of amides is 1. The summed E-state index contributed by atoms with van der Waals surface area (Å²) in [6, 6.07) is 2.13. The third-order valence-corrected chi connectivity index (χ3v) is 5.67. The van der Waals surface area contributed by atoms with Crippen LogP contribution in [0.1, 0.15) is 39.9 Å². The quantitative estimate of drug-likeness (QED) is 0.896. The summed E-state index contributed by atoms with van der Waals surface area (Å²) in [5, 5.41) is 0. The van der Waals surface area contributed by atoms with Gasteiger partial charge in [0.15, 0.2) is 0 Å². The fourth-order valence-electron chi connectivity index (χ4n) is 3.19. The van der Waals surface area contributed by atoms with Crippen LogP contribution in [0, 0.1) is 5.92 Å². The molecule has 22 heavy (non-hydrogen) atoms. The lowest BCUT2D eigenvalue weighted by Gasteiger charge is -2.22. The summed E-state index contributed by atoms with van der Waals surface area (Å²) in [7, 11) is 0. The molecule has 0 bridgehead atoms. The number of hydrogen-bond donors (Lipinski definition) is 1. The first-order chi connectivity index (χ1) is 10.2. The van der Waals surface area contributed by atoms with Crippen LogP contribution in [0.25, 0.3) is 0 Å². The third-order valence-electron chi connectivity index (χ3n) is 4.44. The van der Waals surface area contributed by atoms with Crippen molar-refractivity contribution in [1.82, 2.24) is 4.90 Å². The number of carbonyl (C=O) groups excluding carboxylic acids is 1. The number of fused-ring (bicyclic) bond motifs is 1. The molecule has 1 fully saturated rings. The Balaban J connectivity index is 0.00000176. The van der Waals surface area contributed by atoms with Gasteiger partial charge < -0.3 is 15.4 Å². The number of nitrogens with zero attached hydrogens (tertiary/aromatic N) is 1. The van der Waals surface area contributed by atoms with E-state index in [1.54, 1.807) is 11.3 Å². The van der Waals surface area contributed by atoms with Crippen LogP contribution in [0.15, 0.2) is 6.07 Å². The maximum Gasteiger partial charge on any atom is 0.264 e. The summed E-state index contributed by atoms with van der Waals surface area (Å²) in [6.45, 7) is 4.86. The topological polar surface area (TPSA) is 55.6 Å². The van der Waals surface area contributed by atoms with Crippen LogP contribution in [0.4, 0.5) is 0 Å². The average Bonchev–Trinajstić information content (AvgIpc) is 2.75. The third kappa shape index (κ3) is 3.82. The van der Waals surface area contributed by atoms with Gasteiger partial charge in [-0.25, -0.2) is 0 Å². The van der Waals surface area contributed by atoms with Gasteiger partial charge in [-0.15, -0.1) is 23.7 Å². The zero-order valence-electron chi connectivity index (χ0n) is 13.0. The smallest absolute Gasteiger partial charge is 0.264 e. The minimum absolute atomic E-state index is 0. The van der Waals surface area contributed by atoms with Crippen molar-refractivity contribution in [1.29, 1.82) is 0 Å². The Morgan fingerprint density at radius 3 is 3.14 bits per heavy atom. The van der Waals surface area contributed by atoms with E-state index in [9.17, 15) is 4.79 Å². The molecule has 0 saturated carbocycles. The number of hydrogen-bond acceptors (Lipinski definition) is 4. The molecule has 2 heterocycles. The molecule has 1 saturated heterocycles. The molecular weight excluding hydrogens is 320 g/mol. The van der Waals surface area contributed by atoms with Crippen LogP contribution >= 0.6 is 23.7 Å². The molecule has 2 atom stereocenters. The van der Waals surface area contributed by atoms with Gasteiger partial charge in [0.25, 0.3) is 5.91 Å². The summed E-state index contributed by atoms with van der Waals surface area (Å²) in [5.41, 5.74) is 7.10. The Morgan fingerprint density at radius 1 is 1.55 bits per heavy atom. The molecule has 3 rings (SSSR count). The summed E-state index contributed by atoms with van der Waals surface area (Å²) in [6.07, 6.45) is 4.36. The molecule has 2 N–H and O–H groups in total. The molecule has 4 nitrogen and oxygen atoms in total. The van der Waals surface area contributed by atoms with Gasteiger partial charge in [-0.3, -0.25) is 4.79 Å². The van der Waals surface area contributed by atoms with Gasteiger partial charge in [0, 0.05) is 31.1 Å². The molecule has 0 spiro atoms. The normalized spacial score (nSPS) is 25.1. The Kier molecular flexibility index (Phi) is 6.26. The minimum atomic E-state index is -0.0222. The van der Waals surface area contributed by atoms with Crippen molar-refractivity contribution in [3.8, 4) is 0 Å². The number of thiophene rings is 1. The van der Waals surface area contributed by atoms with E-state index in [2.05, 4.69) is 13.0 Å². The predicted octanol–water partition coefficient (Wildman–Crippen LogP) is 2.48. The number of halogens is 1. The van der Waals surface area contributed by atoms with Crippen LogP contribution in [0.5, 0.6) is 0 Å². The van der Waals surface area contributed by atoms with Crippen molar-refractivity contribution >= 4 is 29.7 Å². The van der Waals surface area contributed by atoms with Gasteiger partial charge in [0.05, 0.1) is 11.0 Å². The van der Waals surface area contributed by atoms with Crippen molar-refractivity contribution < 1.29 is 9.53 Å². The van der Waals surface area contributed by atoms with Crippen molar-refractivity contribution in [2.45, 2.75) is 38.7 Å². The summed E-state index contributed by atoms with van der Waals surface area (Å²) in [5.74, 6) is 0.897. The van der Waals surface area contributed by atoms with Crippen LogP contribution in [0.3, 0.4) is 0 Å². The van der Waals surface area contributed by atoms with Gasteiger partial charge in [-0.2, -0.15) is 0 Å². The van der Waals surface area contributed by atoms with Gasteiger partial charge in [0.1, 0.15) is 0 Å². The molecule has 1 aromatic heterocycles. The fraction of sp³-hybridized carbons (Fsp3) is 0.688. The zero-order valence-corrected chi connectivity index (χ0v) is 14.7. The van der Waals surface area contributed by atoms with Crippen molar-refractivity contribution in [3.63, 3.8) is 0 Å². The largest absolute Gasteiger partial charge is 0.375 e. The predicted molar refractivity (Wildman–Crippen MR) is 92.1 cm³/mol. The monoisotopic (exact) mass is 344 g/mol. The second-order valence-electron chi connectivity index (χ2n) is 6.24. The lowest BCUT2D eigenvalue weighted by atomic mass is 9.90. The van der Waals surface area contributed by atoms with Crippen LogP contribution in [0.2, 0.25) is 0 Å². The Hall–Kier alpha value is -0.620. The van der Waals surface area contributed by atoms with E-state index in [4.69, 9.17) is 10.5 Å². The van der Waals surface area contributed by atoms with Crippen LogP contribution in [-0.4, -0.2) is 43.2 Å².